The van der Waals surface area contributed by atoms with E-state index in [0.29, 0.717) is 5.57 Å². The predicted octanol–water partition coefficient (Wildman–Crippen LogP) is 5.80. The molecule has 0 atom stereocenters. The van der Waals surface area contributed by atoms with Gasteiger partial charge >= 0.3 is 11.9 Å². The van der Waals surface area contributed by atoms with E-state index in [2.05, 4.69) is 22.6 Å². The molecule has 0 aliphatic rings. The van der Waals surface area contributed by atoms with Crippen molar-refractivity contribution >= 4 is 51.9 Å². The van der Waals surface area contributed by atoms with Gasteiger partial charge in [-0.05, 0) is 84.4 Å². The number of allylic oxidation sites excluding steroid dienone is 1. The van der Waals surface area contributed by atoms with Crippen LogP contribution in [0.4, 0.5) is 0 Å². The van der Waals surface area contributed by atoms with Crippen molar-refractivity contribution in [3.05, 3.63) is 68.3 Å². The first-order valence-corrected chi connectivity index (χ1v) is 11.5. The molecule has 2 rings (SSSR count). The lowest BCUT2D eigenvalue weighted by molar-refractivity contribution is -0.137. The number of rotatable bonds is 7. The first-order valence-electron chi connectivity index (χ1n) is 9.15. The highest BCUT2D eigenvalue weighted by atomic mass is 127. The largest absolute Gasteiger partial charge is 0.481 e. The van der Waals surface area contributed by atoms with Gasteiger partial charge < -0.3 is 10.2 Å². The fraction of sp³-hybridized carbons (Fsp3) is 0.261. The number of halogens is 1. The Balaban J connectivity index is 0.000000311. The van der Waals surface area contributed by atoms with Crippen LogP contribution in [0.15, 0.2) is 52.9 Å². The van der Waals surface area contributed by atoms with E-state index < -0.39 is 11.9 Å². The van der Waals surface area contributed by atoms with Gasteiger partial charge in [-0.25, -0.2) is 4.79 Å². The Bertz CT molecular complexity index is 979. The number of carbonyl (C=O) groups is 2. The van der Waals surface area contributed by atoms with Crippen LogP contribution in [0.2, 0.25) is 0 Å². The number of aliphatic carboxylic acids is 2. The summed E-state index contributed by atoms with van der Waals surface area (Å²) in [6.07, 6.45) is 3.75. The maximum absolute atomic E-state index is 10.9. The average molecular weight is 537 g/mol. The highest BCUT2D eigenvalue weighted by Crippen LogP contribution is 2.29. The van der Waals surface area contributed by atoms with Gasteiger partial charge in [0.05, 0.1) is 0 Å². The van der Waals surface area contributed by atoms with Gasteiger partial charge in [0.2, 0.25) is 0 Å². The van der Waals surface area contributed by atoms with Crippen molar-refractivity contribution in [1.82, 2.24) is 0 Å². The Labute approximate surface area is 195 Å². The van der Waals surface area contributed by atoms with Crippen LogP contribution in [-0.2, 0) is 16.0 Å². The SMILES string of the molecule is CSc1ccc(C)cc1/C(C)=C(\C#N)C(=O)O.O=C(O)CCCc1ccccc1I. The van der Waals surface area contributed by atoms with Gasteiger partial charge in [0.25, 0.3) is 0 Å². The van der Waals surface area contributed by atoms with E-state index >= 15 is 0 Å². The topological polar surface area (TPSA) is 98.4 Å². The molecule has 0 aromatic heterocycles. The second-order valence-corrected chi connectivity index (χ2v) is 8.47. The van der Waals surface area contributed by atoms with Crippen LogP contribution in [0.3, 0.4) is 0 Å². The van der Waals surface area contributed by atoms with E-state index in [-0.39, 0.29) is 12.0 Å². The number of thioether (sulfide) groups is 1. The summed E-state index contributed by atoms with van der Waals surface area (Å²) in [7, 11) is 0. The van der Waals surface area contributed by atoms with Gasteiger partial charge in [0.15, 0.2) is 0 Å². The third kappa shape index (κ3) is 8.20. The number of nitriles is 1. The lowest BCUT2D eigenvalue weighted by Crippen LogP contribution is -2.01. The number of hydrogen-bond acceptors (Lipinski definition) is 4. The lowest BCUT2D eigenvalue weighted by Gasteiger charge is -2.09. The second kappa shape index (κ2) is 13.1. The van der Waals surface area contributed by atoms with Crippen LogP contribution >= 0.6 is 34.4 Å². The zero-order valence-corrected chi connectivity index (χ0v) is 20.1. The fourth-order valence-corrected chi connectivity index (χ4v) is 3.97. The van der Waals surface area contributed by atoms with Gasteiger partial charge in [-0.2, -0.15) is 5.26 Å². The summed E-state index contributed by atoms with van der Waals surface area (Å²) in [5, 5.41) is 26.3. The Kier molecular flexibility index (Phi) is 11.2. The van der Waals surface area contributed by atoms with Crippen molar-refractivity contribution in [3.63, 3.8) is 0 Å². The summed E-state index contributed by atoms with van der Waals surface area (Å²) in [5.41, 5.74) is 3.40. The minimum absolute atomic E-state index is 0.203. The molecule has 2 aromatic carbocycles. The summed E-state index contributed by atoms with van der Waals surface area (Å²) in [4.78, 5) is 22.2. The highest BCUT2D eigenvalue weighted by Gasteiger charge is 2.14. The molecule has 0 bridgehead atoms. The molecule has 0 radical (unpaired) electrons. The smallest absolute Gasteiger partial charge is 0.346 e. The normalized spacial score (nSPS) is 10.9. The molecule has 0 unspecified atom stereocenters. The van der Waals surface area contributed by atoms with Crippen molar-refractivity contribution in [1.29, 1.82) is 5.26 Å². The standard InChI is InChI=1S/C13H13NO2S.C10H11IO2/c1-8-4-5-12(17-3)10(6-8)9(2)11(7-14)13(15)16;11-9-6-2-1-4-8(9)5-3-7-10(12)13/h4-6H,1-3H3,(H,15,16);1-2,4,6H,3,5,7H2,(H,12,13)/b11-9+;. The Hall–Kier alpha value is -2.31. The Morgan fingerprint density at radius 3 is 2.37 bits per heavy atom. The lowest BCUT2D eigenvalue weighted by atomic mass is 10.0. The molecule has 0 spiro atoms. The molecule has 5 nitrogen and oxygen atoms in total. The molecule has 0 amide bonds. The van der Waals surface area contributed by atoms with Gasteiger partial charge in [0.1, 0.15) is 11.6 Å². The first-order chi connectivity index (χ1) is 14.2. The van der Waals surface area contributed by atoms with Gasteiger partial charge in [0, 0.05) is 14.9 Å². The molecule has 0 saturated heterocycles. The molecule has 2 N–H and O–H groups in total. The monoisotopic (exact) mass is 537 g/mol. The second-order valence-electron chi connectivity index (χ2n) is 6.46. The molecule has 7 heteroatoms. The fourth-order valence-electron chi connectivity index (χ4n) is 2.67. The van der Waals surface area contributed by atoms with Crippen LogP contribution in [0.5, 0.6) is 0 Å². The molecular weight excluding hydrogens is 513 g/mol. The van der Waals surface area contributed by atoms with Crippen molar-refractivity contribution in [2.45, 2.75) is 38.0 Å². The van der Waals surface area contributed by atoms with Gasteiger partial charge in [-0.1, -0.05) is 35.9 Å². The number of carboxylic acids is 2. The third-order valence-corrected chi connectivity index (χ3v) is 6.10. The third-order valence-electron chi connectivity index (χ3n) is 4.25. The maximum Gasteiger partial charge on any atom is 0.346 e. The molecule has 0 fully saturated rings. The number of carboxylic acid groups (broad SMARTS) is 2. The van der Waals surface area contributed by atoms with Crippen molar-refractivity contribution in [2.24, 2.45) is 0 Å². The Morgan fingerprint density at radius 2 is 1.83 bits per heavy atom. The summed E-state index contributed by atoms with van der Waals surface area (Å²) < 4.78 is 1.21. The molecule has 0 aliphatic carbocycles. The zero-order chi connectivity index (χ0) is 22.7. The highest BCUT2D eigenvalue weighted by molar-refractivity contribution is 14.1. The number of hydrogen-bond donors (Lipinski definition) is 2. The zero-order valence-electron chi connectivity index (χ0n) is 17.1. The van der Waals surface area contributed by atoms with E-state index in [1.54, 1.807) is 13.0 Å². The Morgan fingerprint density at radius 1 is 1.17 bits per heavy atom. The van der Waals surface area contributed by atoms with E-state index in [0.717, 1.165) is 28.9 Å². The number of benzene rings is 2. The van der Waals surface area contributed by atoms with Crippen LogP contribution in [0.25, 0.3) is 5.57 Å². The van der Waals surface area contributed by atoms with Crippen LogP contribution in [0, 0.1) is 21.8 Å². The molecule has 30 heavy (non-hydrogen) atoms. The van der Waals surface area contributed by atoms with Crippen LogP contribution in [-0.4, -0.2) is 28.4 Å². The molecule has 0 aliphatic heterocycles. The minimum atomic E-state index is -1.18. The van der Waals surface area contributed by atoms with E-state index in [9.17, 15) is 9.59 Å². The minimum Gasteiger partial charge on any atom is -0.481 e. The maximum atomic E-state index is 10.9. The van der Waals surface area contributed by atoms with Crippen molar-refractivity contribution in [2.75, 3.05) is 6.26 Å². The summed E-state index contributed by atoms with van der Waals surface area (Å²) in [6.45, 7) is 3.61. The number of nitrogens with zero attached hydrogens (tertiary/aromatic N) is 1. The van der Waals surface area contributed by atoms with Crippen LogP contribution in [0.1, 0.15) is 36.5 Å². The summed E-state index contributed by atoms with van der Waals surface area (Å²) in [6, 6.07) is 15.6. The molecule has 2 aromatic rings. The van der Waals surface area contributed by atoms with Crippen LogP contribution < -0.4 is 0 Å². The average Bonchev–Trinajstić information content (AvgIpc) is 2.70. The predicted molar refractivity (Wildman–Crippen MR) is 129 cm³/mol. The quantitative estimate of drug-likeness (QED) is 0.201. The van der Waals surface area contributed by atoms with Gasteiger partial charge in [-0.3, -0.25) is 4.79 Å². The molecule has 0 saturated carbocycles. The van der Waals surface area contributed by atoms with E-state index in [1.807, 2.05) is 55.6 Å². The van der Waals surface area contributed by atoms with E-state index in [1.165, 1.54) is 20.9 Å². The molecular formula is C23H24INO4S. The first kappa shape index (κ1) is 25.7. The molecule has 0 heterocycles. The molecule has 158 valence electrons. The summed E-state index contributed by atoms with van der Waals surface area (Å²) >= 11 is 3.81. The summed E-state index contributed by atoms with van der Waals surface area (Å²) in [5.74, 6) is -1.90. The van der Waals surface area contributed by atoms with Crippen molar-refractivity contribution in [3.8, 4) is 6.07 Å². The van der Waals surface area contributed by atoms with E-state index in [4.69, 9.17) is 15.5 Å². The number of aryl methyl sites for hydroxylation is 2. The van der Waals surface area contributed by atoms with Crippen molar-refractivity contribution < 1.29 is 19.8 Å². The van der Waals surface area contributed by atoms with Gasteiger partial charge in [-0.15, -0.1) is 11.8 Å².